The van der Waals surface area contributed by atoms with E-state index in [1.165, 1.54) is 24.4 Å². The summed E-state index contributed by atoms with van der Waals surface area (Å²) in [7, 11) is 0. The normalized spacial score (nSPS) is 11.9. The summed E-state index contributed by atoms with van der Waals surface area (Å²) < 4.78 is 20.8. The number of halogens is 2. The summed E-state index contributed by atoms with van der Waals surface area (Å²) in [5.74, 6) is -1.46. The summed E-state index contributed by atoms with van der Waals surface area (Å²) >= 11 is 3.41. The molecule has 3 aromatic carbocycles. The van der Waals surface area contributed by atoms with Crippen LogP contribution in [0, 0.1) is 11.7 Å². The molecular formula is C26H25BrFN3O3. The van der Waals surface area contributed by atoms with Crippen molar-refractivity contribution in [2.24, 2.45) is 11.0 Å². The third-order valence-electron chi connectivity index (χ3n) is 4.96. The number of amides is 2. The van der Waals surface area contributed by atoms with Gasteiger partial charge >= 0.3 is 0 Å². The highest BCUT2D eigenvalue weighted by atomic mass is 79.9. The fourth-order valence-electron chi connectivity index (χ4n) is 3.09. The van der Waals surface area contributed by atoms with E-state index >= 15 is 0 Å². The Morgan fingerprint density at radius 2 is 1.71 bits per heavy atom. The van der Waals surface area contributed by atoms with Gasteiger partial charge in [-0.25, -0.2) is 9.82 Å². The average molecular weight is 526 g/mol. The van der Waals surface area contributed by atoms with Crippen molar-refractivity contribution in [3.63, 3.8) is 0 Å². The molecule has 2 amide bonds. The number of ether oxygens (including phenoxy) is 1. The first-order valence-electron chi connectivity index (χ1n) is 10.7. The highest BCUT2D eigenvalue weighted by molar-refractivity contribution is 9.10. The van der Waals surface area contributed by atoms with Gasteiger partial charge in [0, 0.05) is 10.0 Å². The minimum Gasteiger partial charge on any atom is -0.488 e. The van der Waals surface area contributed by atoms with Crippen molar-refractivity contribution in [1.29, 1.82) is 0 Å². The molecule has 1 unspecified atom stereocenters. The lowest BCUT2D eigenvalue weighted by Crippen LogP contribution is -2.48. The predicted octanol–water partition coefficient (Wildman–Crippen LogP) is 5.07. The molecular weight excluding hydrogens is 501 g/mol. The van der Waals surface area contributed by atoms with Crippen molar-refractivity contribution < 1.29 is 18.7 Å². The molecule has 2 N–H and O–H groups in total. The zero-order chi connectivity index (χ0) is 24.5. The maximum absolute atomic E-state index is 13.9. The second kappa shape index (κ2) is 12.1. The van der Waals surface area contributed by atoms with E-state index in [0.29, 0.717) is 17.9 Å². The van der Waals surface area contributed by atoms with Crippen molar-refractivity contribution in [3.05, 3.63) is 99.8 Å². The Balaban J connectivity index is 1.63. The SMILES string of the molecule is CC(C)C(NC(=O)c1ccccc1F)C(=O)N/N=C/c1ccccc1OCc1ccc(Br)cc1. The number of rotatable bonds is 9. The molecule has 0 aromatic heterocycles. The molecule has 3 rings (SSSR count). The Morgan fingerprint density at radius 3 is 2.41 bits per heavy atom. The molecule has 0 aliphatic rings. The number of nitrogens with one attached hydrogen (secondary N) is 2. The van der Waals surface area contributed by atoms with Crippen LogP contribution < -0.4 is 15.5 Å². The minimum atomic E-state index is -0.895. The van der Waals surface area contributed by atoms with Crippen LogP contribution in [0.15, 0.2) is 82.4 Å². The molecule has 0 radical (unpaired) electrons. The molecule has 0 bridgehead atoms. The summed E-state index contributed by atoms with van der Waals surface area (Å²) in [5.41, 5.74) is 4.01. The Labute approximate surface area is 206 Å². The number of hydrogen-bond donors (Lipinski definition) is 2. The topological polar surface area (TPSA) is 79.8 Å². The van der Waals surface area contributed by atoms with Gasteiger partial charge < -0.3 is 10.1 Å². The summed E-state index contributed by atoms with van der Waals surface area (Å²) in [5, 5.41) is 6.62. The van der Waals surface area contributed by atoms with Crippen LogP contribution in [0.2, 0.25) is 0 Å². The van der Waals surface area contributed by atoms with E-state index in [4.69, 9.17) is 4.74 Å². The van der Waals surface area contributed by atoms with E-state index in [2.05, 4.69) is 31.8 Å². The molecule has 0 fully saturated rings. The monoisotopic (exact) mass is 525 g/mol. The fourth-order valence-corrected chi connectivity index (χ4v) is 3.36. The first-order valence-corrected chi connectivity index (χ1v) is 11.5. The van der Waals surface area contributed by atoms with Gasteiger partial charge in [-0.3, -0.25) is 9.59 Å². The maximum atomic E-state index is 13.9. The van der Waals surface area contributed by atoms with Crippen LogP contribution in [-0.4, -0.2) is 24.1 Å². The van der Waals surface area contributed by atoms with Crippen molar-refractivity contribution in [2.45, 2.75) is 26.5 Å². The Kier molecular flexibility index (Phi) is 8.93. The summed E-state index contributed by atoms with van der Waals surface area (Å²) in [6, 6.07) is 19.8. The number of para-hydroxylation sites is 1. The van der Waals surface area contributed by atoms with Gasteiger partial charge in [-0.1, -0.05) is 66.2 Å². The lowest BCUT2D eigenvalue weighted by Gasteiger charge is -2.20. The number of nitrogens with zero attached hydrogens (tertiary/aromatic N) is 1. The van der Waals surface area contributed by atoms with E-state index in [-0.39, 0.29) is 11.5 Å². The molecule has 8 heteroatoms. The molecule has 0 saturated carbocycles. The molecule has 0 spiro atoms. The van der Waals surface area contributed by atoms with Gasteiger partial charge in [0.25, 0.3) is 11.8 Å². The van der Waals surface area contributed by atoms with Gasteiger partial charge in [0.05, 0.1) is 11.8 Å². The Bertz CT molecular complexity index is 1170. The number of benzene rings is 3. The molecule has 176 valence electrons. The molecule has 1 atom stereocenters. The third kappa shape index (κ3) is 6.99. The van der Waals surface area contributed by atoms with Crippen LogP contribution in [-0.2, 0) is 11.4 Å². The van der Waals surface area contributed by atoms with Crippen molar-refractivity contribution in [3.8, 4) is 5.75 Å². The highest BCUT2D eigenvalue weighted by Crippen LogP contribution is 2.18. The number of carbonyl (C=O) groups is 2. The molecule has 0 aliphatic heterocycles. The lowest BCUT2D eigenvalue weighted by atomic mass is 10.0. The van der Waals surface area contributed by atoms with E-state index in [9.17, 15) is 14.0 Å². The van der Waals surface area contributed by atoms with Crippen LogP contribution in [0.4, 0.5) is 4.39 Å². The standard InChI is InChI=1S/C26H25BrFN3O3/c1-17(2)24(30-25(32)21-8-4-5-9-22(21)28)26(33)31-29-15-19-7-3-6-10-23(19)34-16-18-11-13-20(27)14-12-18/h3-15,17,24H,16H2,1-2H3,(H,30,32)(H,31,33)/b29-15+. The first kappa shape index (κ1) is 25.1. The number of hydrazone groups is 1. The van der Waals surface area contributed by atoms with E-state index in [1.807, 2.05) is 48.5 Å². The van der Waals surface area contributed by atoms with Gasteiger partial charge in [0.2, 0.25) is 0 Å². The van der Waals surface area contributed by atoms with Gasteiger partial charge in [-0.2, -0.15) is 5.10 Å². The Morgan fingerprint density at radius 1 is 1.03 bits per heavy atom. The van der Waals surface area contributed by atoms with Crippen LogP contribution in [0.5, 0.6) is 5.75 Å². The molecule has 0 heterocycles. The van der Waals surface area contributed by atoms with E-state index < -0.39 is 23.7 Å². The second-order valence-corrected chi connectivity index (χ2v) is 8.78. The summed E-state index contributed by atoms with van der Waals surface area (Å²) in [4.78, 5) is 25.1. The van der Waals surface area contributed by atoms with Crippen molar-refractivity contribution >= 4 is 34.0 Å². The predicted molar refractivity (Wildman–Crippen MR) is 133 cm³/mol. The second-order valence-electron chi connectivity index (χ2n) is 7.86. The Hall–Kier alpha value is -3.52. The molecule has 6 nitrogen and oxygen atoms in total. The zero-order valence-electron chi connectivity index (χ0n) is 18.8. The number of hydrogen-bond acceptors (Lipinski definition) is 4. The van der Waals surface area contributed by atoms with Gasteiger partial charge in [-0.15, -0.1) is 0 Å². The van der Waals surface area contributed by atoms with Crippen LogP contribution in [0.25, 0.3) is 0 Å². The quantitative estimate of drug-likeness (QED) is 0.302. The summed E-state index contributed by atoms with van der Waals surface area (Å²) in [6.07, 6.45) is 1.48. The lowest BCUT2D eigenvalue weighted by molar-refractivity contribution is -0.123. The van der Waals surface area contributed by atoms with Crippen molar-refractivity contribution in [2.75, 3.05) is 0 Å². The van der Waals surface area contributed by atoms with Crippen LogP contribution in [0.1, 0.15) is 35.3 Å². The summed E-state index contributed by atoms with van der Waals surface area (Å²) in [6.45, 7) is 3.93. The van der Waals surface area contributed by atoms with Crippen LogP contribution >= 0.6 is 15.9 Å². The third-order valence-corrected chi connectivity index (χ3v) is 5.49. The average Bonchev–Trinajstić information content (AvgIpc) is 2.82. The van der Waals surface area contributed by atoms with Crippen LogP contribution in [0.3, 0.4) is 0 Å². The van der Waals surface area contributed by atoms with Gasteiger partial charge in [-0.05, 0) is 47.9 Å². The zero-order valence-corrected chi connectivity index (χ0v) is 20.4. The molecule has 3 aromatic rings. The van der Waals surface area contributed by atoms with Gasteiger partial charge in [0.15, 0.2) is 0 Å². The van der Waals surface area contributed by atoms with Crippen molar-refractivity contribution in [1.82, 2.24) is 10.7 Å². The van der Waals surface area contributed by atoms with E-state index in [1.54, 1.807) is 19.9 Å². The number of carbonyl (C=O) groups excluding carboxylic acids is 2. The maximum Gasteiger partial charge on any atom is 0.262 e. The molecule has 0 aliphatic carbocycles. The first-order chi connectivity index (χ1) is 16.3. The van der Waals surface area contributed by atoms with E-state index in [0.717, 1.165) is 10.0 Å². The fraction of sp³-hybridized carbons (Fsp3) is 0.192. The highest BCUT2D eigenvalue weighted by Gasteiger charge is 2.25. The largest absolute Gasteiger partial charge is 0.488 e. The molecule has 34 heavy (non-hydrogen) atoms. The smallest absolute Gasteiger partial charge is 0.262 e. The minimum absolute atomic E-state index is 0.124. The molecule has 0 saturated heterocycles. The van der Waals surface area contributed by atoms with Gasteiger partial charge in [0.1, 0.15) is 24.2 Å².